The molecule has 0 spiro atoms. The van der Waals surface area contributed by atoms with Crippen molar-refractivity contribution in [1.82, 2.24) is 4.98 Å². The van der Waals surface area contributed by atoms with Crippen molar-refractivity contribution in [1.29, 1.82) is 0 Å². The number of pyridine rings is 1. The summed E-state index contributed by atoms with van der Waals surface area (Å²) in [5, 5.41) is 0. The summed E-state index contributed by atoms with van der Waals surface area (Å²) >= 11 is 0. The van der Waals surface area contributed by atoms with E-state index in [0.29, 0.717) is 18.5 Å². The fourth-order valence-corrected chi connectivity index (χ4v) is 1.27. The third-order valence-corrected chi connectivity index (χ3v) is 2.25. The molecule has 0 aromatic carbocycles. The van der Waals surface area contributed by atoms with Crippen molar-refractivity contribution in [2.45, 2.75) is 25.9 Å². The van der Waals surface area contributed by atoms with Gasteiger partial charge in [-0.2, -0.15) is 0 Å². The third-order valence-electron chi connectivity index (χ3n) is 2.25. The molecule has 0 saturated carbocycles. The van der Waals surface area contributed by atoms with Gasteiger partial charge in [0.2, 0.25) is 0 Å². The molecule has 0 aliphatic heterocycles. The van der Waals surface area contributed by atoms with E-state index in [2.05, 4.69) is 4.98 Å². The number of methoxy groups -OCH3 is 1. The maximum atomic E-state index is 11.6. The van der Waals surface area contributed by atoms with E-state index in [-0.39, 0.29) is 11.9 Å². The molecular formula is C11H16N2O2. The Labute approximate surface area is 89.5 Å². The zero-order valence-electron chi connectivity index (χ0n) is 9.06. The van der Waals surface area contributed by atoms with E-state index in [0.717, 1.165) is 5.56 Å². The Morgan fingerprint density at radius 2 is 2.40 bits per heavy atom. The van der Waals surface area contributed by atoms with Gasteiger partial charge in [-0.15, -0.1) is 0 Å². The zero-order valence-corrected chi connectivity index (χ0v) is 9.06. The van der Waals surface area contributed by atoms with Crippen molar-refractivity contribution >= 4 is 11.5 Å². The molecule has 1 heterocycles. The van der Waals surface area contributed by atoms with Gasteiger partial charge in [-0.1, -0.05) is 0 Å². The zero-order chi connectivity index (χ0) is 11.3. The lowest BCUT2D eigenvalue weighted by atomic mass is 10.1. The molecule has 4 heteroatoms. The molecule has 15 heavy (non-hydrogen) atoms. The highest BCUT2D eigenvalue weighted by Gasteiger charge is 2.10. The second kappa shape index (κ2) is 5.46. The number of Topliss-reactive ketones (excluding diaryl/α,β-unsaturated/α-hetero) is 1. The van der Waals surface area contributed by atoms with Crippen LogP contribution in [0.4, 0.5) is 5.69 Å². The van der Waals surface area contributed by atoms with Crippen LogP contribution in [0.5, 0.6) is 0 Å². The van der Waals surface area contributed by atoms with E-state index in [4.69, 9.17) is 10.5 Å². The molecule has 1 rings (SSSR count). The Hall–Kier alpha value is -1.42. The first kappa shape index (κ1) is 11.7. The quantitative estimate of drug-likeness (QED) is 0.789. The summed E-state index contributed by atoms with van der Waals surface area (Å²) in [5.41, 5.74) is 7.11. The van der Waals surface area contributed by atoms with Crippen molar-refractivity contribution in [2.75, 3.05) is 12.8 Å². The molecule has 0 amide bonds. The van der Waals surface area contributed by atoms with Gasteiger partial charge in [0.05, 0.1) is 6.10 Å². The first-order valence-corrected chi connectivity index (χ1v) is 4.86. The Balaban J connectivity index is 2.55. The largest absolute Gasteiger partial charge is 0.398 e. The number of ketones is 1. The standard InChI is InChI=1S/C11H16N2O2/c1-8(15-2)5-10(14)6-9-7-13-4-3-11(9)12/h3-4,7-8H,5-6H2,1-2H3,(H2,12,13). The lowest BCUT2D eigenvalue weighted by molar-refractivity contribution is -0.120. The summed E-state index contributed by atoms with van der Waals surface area (Å²) in [5.74, 6) is 0.115. The minimum absolute atomic E-state index is 0.0459. The second-order valence-electron chi connectivity index (χ2n) is 3.54. The normalized spacial score (nSPS) is 12.4. The number of rotatable bonds is 5. The van der Waals surface area contributed by atoms with E-state index in [1.165, 1.54) is 0 Å². The fraction of sp³-hybridized carbons (Fsp3) is 0.455. The lowest BCUT2D eigenvalue weighted by Crippen LogP contribution is -2.14. The highest BCUT2D eigenvalue weighted by atomic mass is 16.5. The molecule has 1 aromatic heterocycles. The molecular weight excluding hydrogens is 192 g/mol. The monoisotopic (exact) mass is 208 g/mol. The molecule has 1 atom stereocenters. The molecule has 1 unspecified atom stereocenters. The first-order chi connectivity index (χ1) is 7.13. The smallest absolute Gasteiger partial charge is 0.139 e. The van der Waals surface area contributed by atoms with Gasteiger partial charge in [-0.25, -0.2) is 0 Å². The Morgan fingerprint density at radius 1 is 1.67 bits per heavy atom. The number of nitrogens with two attached hydrogens (primary N) is 1. The SMILES string of the molecule is COC(C)CC(=O)Cc1cnccc1N. The van der Waals surface area contributed by atoms with Gasteiger partial charge < -0.3 is 10.5 Å². The number of hydrogen-bond acceptors (Lipinski definition) is 4. The molecule has 4 nitrogen and oxygen atoms in total. The van der Waals surface area contributed by atoms with Crippen LogP contribution in [0.3, 0.4) is 0 Å². The van der Waals surface area contributed by atoms with Crippen molar-refractivity contribution < 1.29 is 9.53 Å². The number of anilines is 1. The summed E-state index contributed by atoms with van der Waals surface area (Å²) in [6.45, 7) is 1.87. The summed E-state index contributed by atoms with van der Waals surface area (Å²) in [6.07, 6.45) is 3.93. The molecule has 0 aliphatic carbocycles. The third kappa shape index (κ3) is 3.67. The number of carbonyl (C=O) groups excluding carboxylic acids is 1. The van der Waals surface area contributed by atoms with E-state index in [1.807, 2.05) is 6.92 Å². The van der Waals surface area contributed by atoms with Crippen molar-refractivity contribution in [3.63, 3.8) is 0 Å². The highest BCUT2D eigenvalue weighted by Crippen LogP contribution is 2.11. The second-order valence-corrected chi connectivity index (χ2v) is 3.54. The predicted octanol–water partition coefficient (Wildman–Crippen LogP) is 1.20. The highest BCUT2D eigenvalue weighted by molar-refractivity contribution is 5.82. The molecule has 0 fully saturated rings. The van der Waals surface area contributed by atoms with Gasteiger partial charge >= 0.3 is 0 Å². The summed E-state index contributed by atoms with van der Waals surface area (Å²) in [4.78, 5) is 15.5. The number of nitrogen functional groups attached to an aromatic ring is 1. The molecule has 0 bridgehead atoms. The van der Waals surface area contributed by atoms with Crippen LogP contribution in [0, 0.1) is 0 Å². The Kier molecular flexibility index (Phi) is 4.24. The van der Waals surface area contributed by atoms with Gasteiger partial charge in [-0.05, 0) is 13.0 Å². The van der Waals surface area contributed by atoms with Gasteiger partial charge in [0.25, 0.3) is 0 Å². The Morgan fingerprint density at radius 3 is 3.00 bits per heavy atom. The maximum Gasteiger partial charge on any atom is 0.139 e. The van der Waals surface area contributed by atoms with Crippen LogP contribution in [0.25, 0.3) is 0 Å². The molecule has 1 aromatic rings. The minimum atomic E-state index is -0.0459. The number of hydrogen-bond donors (Lipinski definition) is 1. The van der Waals surface area contributed by atoms with Crippen LogP contribution in [0.1, 0.15) is 18.9 Å². The number of carbonyl (C=O) groups is 1. The van der Waals surface area contributed by atoms with Gasteiger partial charge in [0, 0.05) is 43.6 Å². The Bertz CT molecular complexity index is 339. The summed E-state index contributed by atoms with van der Waals surface area (Å²) in [6, 6.07) is 1.70. The van der Waals surface area contributed by atoms with Crippen LogP contribution in [-0.4, -0.2) is 24.0 Å². The number of nitrogens with zero attached hydrogens (tertiary/aromatic N) is 1. The van der Waals surface area contributed by atoms with Crippen LogP contribution in [-0.2, 0) is 16.0 Å². The van der Waals surface area contributed by atoms with Gasteiger partial charge in [0.15, 0.2) is 0 Å². The minimum Gasteiger partial charge on any atom is -0.398 e. The van der Waals surface area contributed by atoms with Crippen molar-refractivity contribution in [2.24, 2.45) is 0 Å². The fourth-order valence-electron chi connectivity index (χ4n) is 1.27. The first-order valence-electron chi connectivity index (χ1n) is 4.86. The molecule has 0 aliphatic rings. The molecule has 2 N–H and O–H groups in total. The van der Waals surface area contributed by atoms with Crippen LogP contribution in [0.15, 0.2) is 18.5 Å². The average Bonchev–Trinajstić information content (AvgIpc) is 2.21. The number of ether oxygens (including phenoxy) is 1. The van der Waals surface area contributed by atoms with Crippen molar-refractivity contribution in [3.8, 4) is 0 Å². The topological polar surface area (TPSA) is 65.2 Å². The molecule has 0 saturated heterocycles. The van der Waals surface area contributed by atoms with E-state index < -0.39 is 0 Å². The van der Waals surface area contributed by atoms with E-state index in [9.17, 15) is 4.79 Å². The van der Waals surface area contributed by atoms with Crippen LogP contribution in [0.2, 0.25) is 0 Å². The van der Waals surface area contributed by atoms with Crippen molar-refractivity contribution in [3.05, 3.63) is 24.0 Å². The van der Waals surface area contributed by atoms with Crippen LogP contribution >= 0.6 is 0 Å². The average molecular weight is 208 g/mol. The summed E-state index contributed by atoms with van der Waals surface area (Å²) < 4.78 is 5.02. The maximum absolute atomic E-state index is 11.6. The lowest BCUT2D eigenvalue weighted by Gasteiger charge is -2.08. The summed E-state index contributed by atoms with van der Waals surface area (Å²) in [7, 11) is 1.59. The van der Waals surface area contributed by atoms with Gasteiger partial charge in [0.1, 0.15) is 5.78 Å². The van der Waals surface area contributed by atoms with E-state index in [1.54, 1.807) is 25.6 Å². The van der Waals surface area contributed by atoms with Gasteiger partial charge in [-0.3, -0.25) is 9.78 Å². The molecule has 82 valence electrons. The van der Waals surface area contributed by atoms with E-state index >= 15 is 0 Å². The predicted molar refractivity (Wildman–Crippen MR) is 58.4 cm³/mol. The number of aromatic nitrogens is 1. The molecule has 0 radical (unpaired) electrons. The van der Waals surface area contributed by atoms with Crippen LogP contribution < -0.4 is 5.73 Å².